The van der Waals surface area contributed by atoms with Crippen molar-refractivity contribution in [1.82, 2.24) is 14.7 Å². The third-order valence-corrected chi connectivity index (χ3v) is 4.80. The van der Waals surface area contributed by atoms with Crippen molar-refractivity contribution in [2.24, 2.45) is 0 Å². The summed E-state index contributed by atoms with van der Waals surface area (Å²) in [6, 6.07) is 8.81. The van der Waals surface area contributed by atoms with E-state index in [9.17, 15) is 9.59 Å². The number of rotatable bonds is 3. The molecule has 1 aromatic rings. The minimum Gasteiger partial charge on any atom is -0.378 e. The van der Waals surface area contributed by atoms with Crippen LogP contribution in [0.1, 0.15) is 17.3 Å². The lowest BCUT2D eigenvalue weighted by Gasteiger charge is -2.42. The van der Waals surface area contributed by atoms with Gasteiger partial charge < -0.3 is 14.5 Å². The Hall–Kier alpha value is -1.92. The van der Waals surface area contributed by atoms with Crippen LogP contribution in [0.3, 0.4) is 0 Å². The van der Waals surface area contributed by atoms with Crippen molar-refractivity contribution in [2.75, 3.05) is 52.5 Å². The van der Waals surface area contributed by atoms with E-state index in [4.69, 9.17) is 4.74 Å². The second-order valence-electron chi connectivity index (χ2n) is 6.21. The minimum atomic E-state index is -0.412. The van der Waals surface area contributed by atoms with Gasteiger partial charge in [0.25, 0.3) is 5.91 Å². The first-order valence-corrected chi connectivity index (χ1v) is 8.65. The molecule has 6 nitrogen and oxygen atoms in total. The summed E-state index contributed by atoms with van der Waals surface area (Å²) in [7, 11) is 0. The molecule has 2 aliphatic heterocycles. The molecule has 0 aliphatic carbocycles. The van der Waals surface area contributed by atoms with Crippen LogP contribution in [0.5, 0.6) is 0 Å². The number of amides is 2. The van der Waals surface area contributed by atoms with Crippen LogP contribution in [0.4, 0.5) is 0 Å². The Morgan fingerprint density at radius 3 is 2.46 bits per heavy atom. The Balaban J connectivity index is 1.79. The van der Waals surface area contributed by atoms with Gasteiger partial charge in [0.2, 0.25) is 5.91 Å². The van der Waals surface area contributed by atoms with Crippen molar-refractivity contribution >= 4 is 11.8 Å². The molecule has 130 valence electrons. The number of hydrogen-bond donors (Lipinski definition) is 0. The van der Waals surface area contributed by atoms with Gasteiger partial charge in [0.05, 0.1) is 13.2 Å². The van der Waals surface area contributed by atoms with Crippen LogP contribution < -0.4 is 0 Å². The monoisotopic (exact) mass is 331 g/mol. The van der Waals surface area contributed by atoms with Crippen LogP contribution in [0.2, 0.25) is 0 Å². The van der Waals surface area contributed by atoms with Crippen molar-refractivity contribution in [1.29, 1.82) is 0 Å². The van der Waals surface area contributed by atoms with Gasteiger partial charge in [-0.3, -0.25) is 14.5 Å². The molecule has 2 heterocycles. The minimum absolute atomic E-state index is 0.0423. The van der Waals surface area contributed by atoms with Crippen molar-refractivity contribution in [3.8, 4) is 0 Å². The quantitative estimate of drug-likeness (QED) is 0.818. The Labute approximate surface area is 143 Å². The van der Waals surface area contributed by atoms with E-state index in [0.29, 0.717) is 45.0 Å². The van der Waals surface area contributed by atoms with Crippen LogP contribution in [0.15, 0.2) is 30.3 Å². The van der Waals surface area contributed by atoms with Crippen molar-refractivity contribution in [3.05, 3.63) is 35.9 Å². The van der Waals surface area contributed by atoms with Gasteiger partial charge in [0, 0.05) is 38.3 Å². The zero-order valence-electron chi connectivity index (χ0n) is 14.2. The molecule has 0 spiro atoms. The molecule has 24 heavy (non-hydrogen) atoms. The molecule has 1 unspecified atom stereocenters. The fourth-order valence-electron chi connectivity index (χ4n) is 3.32. The molecule has 3 rings (SSSR count). The average molecular weight is 331 g/mol. The SMILES string of the molecule is CCN1CCN(C(=O)c2ccccc2)C(C(=O)N2CCOCC2)C1. The lowest BCUT2D eigenvalue weighted by Crippen LogP contribution is -2.62. The van der Waals surface area contributed by atoms with Gasteiger partial charge in [-0.1, -0.05) is 25.1 Å². The molecule has 0 bridgehead atoms. The number of carbonyl (C=O) groups is 2. The zero-order valence-corrected chi connectivity index (χ0v) is 14.2. The van der Waals surface area contributed by atoms with Crippen LogP contribution in [-0.2, 0) is 9.53 Å². The number of benzene rings is 1. The third-order valence-electron chi connectivity index (χ3n) is 4.80. The van der Waals surface area contributed by atoms with E-state index in [0.717, 1.165) is 13.1 Å². The highest BCUT2D eigenvalue weighted by molar-refractivity contribution is 5.97. The first-order chi connectivity index (χ1) is 11.7. The van der Waals surface area contributed by atoms with Gasteiger partial charge in [-0.15, -0.1) is 0 Å². The Bertz CT molecular complexity index is 572. The predicted molar refractivity (Wildman–Crippen MR) is 90.8 cm³/mol. The lowest BCUT2D eigenvalue weighted by atomic mass is 10.1. The van der Waals surface area contributed by atoms with Gasteiger partial charge in [-0.05, 0) is 18.7 Å². The number of likely N-dealkylation sites (N-methyl/N-ethyl adjacent to an activating group) is 1. The van der Waals surface area contributed by atoms with Crippen molar-refractivity contribution in [2.45, 2.75) is 13.0 Å². The summed E-state index contributed by atoms with van der Waals surface area (Å²) in [6.07, 6.45) is 0. The molecule has 1 atom stereocenters. The molecular formula is C18H25N3O3. The maximum Gasteiger partial charge on any atom is 0.254 e. The largest absolute Gasteiger partial charge is 0.378 e. The molecule has 2 aliphatic rings. The summed E-state index contributed by atoms with van der Waals surface area (Å²) in [5.41, 5.74) is 0.641. The number of carbonyl (C=O) groups excluding carboxylic acids is 2. The Morgan fingerprint density at radius 1 is 1.08 bits per heavy atom. The molecule has 0 aromatic heterocycles. The summed E-state index contributed by atoms with van der Waals surface area (Å²) in [5.74, 6) is -0.0151. The second kappa shape index (κ2) is 7.77. The van der Waals surface area contributed by atoms with Crippen LogP contribution in [0.25, 0.3) is 0 Å². The fourth-order valence-corrected chi connectivity index (χ4v) is 3.32. The Morgan fingerprint density at radius 2 is 1.79 bits per heavy atom. The molecule has 6 heteroatoms. The van der Waals surface area contributed by atoms with E-state index in [1.54, 1.807) is 4.90 Å². The fraction of sp³-hybridized carbons (Fsp3) is 0.556. The first kappa shape index (κ1) is 16.9. The van der Waals surface area contributed by atoms with Gasteiger partial charge in [-0.2, -0.15) is 0 Å². The van der Waals surface area contributed by atoms with E-state index < -0.39 is 6.04 Å². The summed E-state index contributed by atoms with van der Waals surface area (Å²) in [6.45, 7) is 7.33. The number of morpholine rings is 1. The van der Waals surface area contributed by atoms with E-state index in [1.165, 1.54) is 0 Å². The summed E-state index contributed by atoms with van der Waals surface area (Å²) in [5, 5.41) is 0. The van der Waals surface area contributed by atoms with Gasteiger partial charge in [0.1, 0.15) is 6.04 Å². The van der Waals surface area contributed by atoms with Crippen molar-refractivity contribution < 1.29 is 14.3 Å². The normalized spacial score (nSPS) is 22.5. The first-order valence-electron chi connectivity index (χ1n) is 8.65. The van der Waals surface area contributed by atoms with E-state index >= 15 is 0 Å². The smallest absolute Gasteiger partial charge is 0.254 e. The van der Waals surface area contributed by atoms with Crippen LogP contribution >= 0.6 is 0 Å². The maximum atomic E-state index is 13.0. The number of piperazine rings is 1. The lowest BCUT2D eigenvalue weighted by molar-refractivity contribution is -0.142. The molecule has 2 fully saturated rings. The molecule has 2 amide bonds. The average Bonchev–Trinajstić information content (AvgIpc) is 2.67. The summed E-state index contributed by atoms with van der Waals surface area (Å²) >= 11 is 0. The molecule has 0 saturated carbocycles. The van der Waals surface area contributed by atoms with Crippen LogP contribution in [-0.4, -0.2) is 85.0 Å². The third kappa shape index (κ3) is 3.60. The Kier molecular flexibility index (Phi) is 5.48. The van der Waals surface area contributed by atoms with Gasteiger partial charge in [-0.25, -0.2) is 0 Å². The number of ether oxygens (including phenoxy) is 1. The molecule has 0 N–H and O–H groups in total. The van der Waals surface area contributed by atoms with E-state index in [1.807, 2.05) is 35.2 Å². The molecule has 1 aromatic carbocycles. The number of hydrogen-bond acceptors (Lipinski definition) is 4. The highest BCUT2D eigenvalue weighted by Crippen LogP contribution is 2.17. The van der Waals surface area contributed by atoms with Crippen LogP contribution in [0, 0.1) is 0 Å². The second-order valence-corrected chi connectivity index (χ2v) is 6.21. The number of nitrogens with zero attached hydrogens (tertiary/aromatic N) is 3. The summed E-state index contributed by atoms with van der Waals surface area (Å²) < 4.78 is 5.34. The highest BCUT2D eigenvalue weighted by Gasteiger charge is 2.37. The van der Waals surface area contributed by atoms with Gasteiger partial charge in [0.15, 0.2) is 0 Å². The molecule has 0 radical (unpaired) electrons. The standard InChI is InChI=1S/C18H25N3O3/c1-2-19-8-9-21(17(22)15-6-4-3-5-7-15)16(14-19)18(23)20-10-12-24-13-11-20/h3-7,16H,2,8-14H2,1H3. The van der Waals surface area contributed by atoms with Gasteiger partial charge >= 0.3 is 0 Å². The van der Waals surface area contributed by atoms with Crippen molar-refractivity contribution in [3.63, 3.8) is 0 Å². The molecular weight excluding hydrogens is 306 g/mol. The van der Waals surface area contributed by atoms with E-state index in [2.05, 4.69) is 11.8 Å². The topological polar surface area (TPSA) is 53.1 Å². The predicted octanol–water partition coefficient (Wildman–Crippen LogP) is 0.692. The van der Waals surface area contributed by atoms with E-state index in [-0.39, 0.29) is 11.8 Å². The highest BCUT2D eigenvalue weighted by atomic mass is 16.5. The summed E-state index contributed by atoms with van der Waals surface area (Å²) in [4.78, 5) is 31.7. The molecule has 2 saturated heterocycles. The zero-order chi connectivity index (χ0) is 16.9. The maximum absolute atomic E-state index is 13.0.